The van der Waals surface area contributed by atoms with Gasteiger partial charge in [-0.05, 0) is 18.2 Å². The van der Waals surface area contributed by atoms with E-state index >= 15 is 0 Å². The summed E-state index contributed by atoms with van der Waals surface area (Å²) in [5.74, 6) is 0.228. The molecule has 7 nitrogen and oxygen atoms in total. The summed E-state index contributed by atoms with van der Waals surface area (Å²) in [4.78, 5) is 12.1. The summed E-state index contributed by atoms with van der Waals surface area (Å²) in [5.41, 5.74) is 2.02. The first-order valence-electron chi connectivity index (χ1n) is 5.12. The van der Waals surface area contributed by atoms with Crippen molar-refractivity contribution >= 4 is 30.8 Å². The van der Waals surface area contributed by atoms with E-state index in [1.165, 1.54) is 0 Å². The maximum Gasteiger partial charge on any atom is 0.296 e. The Morgan fingerprint density at radius 1 is 1.11 bits per heavy atom. The lowest BCUT2D eigenvalue weighted by Crippen LogP contribution is -1.92. The Morgan fingerprint density at radius 3 is 2.53 bits per heavy atom. The average Bonchev–Trinajstić information content (AvgIpc) is 2.87. The van der Waals surface area contributed by atoms with Crippen LogP contribution in [0.25, 0.3) is 22.4 Å². The third-order valence-corrected chi connectivity index (χ3v) is 3.51. The molecular formula is C10H6ClN5O2S. The van der Waals surface area contributed by atoms with Crippen LogP contribution in [0.15, 0.2) is 35.7 Å². The Kier molecular flexibility index (Phi) is 2.68. The molecule has 0 amide bonds. The highest BCUT2D eigenvalue weighted by molar-refractivity contribution is 8.13. The third-order valence-electron chi connectivity index (χ3n) is 2.42. The second kappa shape index (κ2) is 4.25. The molecule has 0 aliphatic rings. The number of nitrogens with zero attached hydrogens (tertiary/aromatic N) is 4. The molecule has 0 aliphatic heterocycles. The first-order valence-corrected chi connectivity index (χ1v) is 7.43. The van der Waals surface area contributed by atoms with E-state index in [1.807, 2.05) is 0 Å². The quantitative estimate of drug-likeness (QED) is 0.716. The van der Waals surface area contributed by atoms with Gasteiger partial charge in [-0.3, -0.25) is 9.97 Å². The fraction of sp³-hybridized carbons (Fsp3) is 0. The zero-order valence-electron chi connectivity index (χ0n) is 9.28. The van der Waals surface area contributed by atoms with E-state index in [0.29, 0.717) is 11.1 Å². The van der Waals surface area contributed by atoms with Gasteiger partial charge in [-0.15, -0.1) is 0 Å². The van der Waals surface area contributed by atoms with Crippen molar-refractivity contribution in [1.82, 2.24) is 25.1 Å². The first-order chi connectivity index (χ1) is 9.04. The van der Waals surface area contributed by atoms with Gasteiger partial charge in [0.05, 0.1) is 11.0 Å². The van der Waals surface area contributed by atoms with Crippen molar-refractivity contribution in [3.05, 3.63) is 30.6 Å². The molecule has 1 aromatic carbocycles. The second-order valence-corrected chi connectivity index (χ2v) is 6.14. The van der Waals surface area contributed by atoms with Crippen LogP contribution >= 0.6 is 10.7 Å². The molecule has 0 aliphatic carbocycles. The molecule has 0 spiro atoms. The number of hydrogen-bond donors (Lipinski definition) is 1. The highest BCUT2D eigenvalue weighted by atomic mass is 35.7. The Bertz CT molecular complexity index is 861. The first kappa shape index (κ1) is 12.0. The highest BCUT2D eigenvalue weighted by Gasteiger charge is 2.16. The molecule has 0 atom stereocenters. The van der Waals surface area contributed by atoms with Gasteiger partial charge in [0.1, 0.15) is 0 Å². The zero-order chi connectivity index (χ0) is 13.5. The number of hydrogen-bond acceptors (Lipinski definition) is 6. The van der Waals surface area contributed by atoms with Crippen LogP contribution in [0.2, 0.25) is 0 Å². The van der Waals surface area contributed by atoms with Crippen LogP contribution in [0, 0.1) is 0 Å². The Labute approximate surface area is 112 Å². The predicted molar refractivity (Wildman–Crippen MR) is 68.0 cm³/mol. The van der Waals surface area contributed by atoms with Crippen LogP contribution in [0.5, 0.6) is 0 Å². The molecule has 3 rings (SSSR count). The van der Waals surface area contributed by atoms with Gasteiger partial charge >= 0.3 is 0 Å². The van der Waals surface area contributed by atoms with E-state index in [-0.39, 0.29) is 11.0 Å². The van der Waals surface area contributed by atoms with Crippen LogP contribution in [-0.2, 0) is 9.05 Å². The summed E-state index contributed by atoms with van der Waals surface area (Å²) in [6, 6.07) is 5.20. The lowest BCUT2D eigenvalue weighted by molar-refractivity contribution is 0.602. The van der Waals surface area contributed by atoms with Crippen molar-refractivity contribution in [2.24, 2.45) is 0 Å². The Hall–Kier alpha value is -2.06. The molecule has 2 aromatic heterocycles. The van der Waals surface area contributed by atoms with Crippen molar-refractivity contribution < 1.29 is 8.42 Å². The Morgan fingerprint density at radius 2 is 1.84 bits per heavy atom. The zero-order valence-corrected chi connectivity index (χ0v) is 10.9. The topological polar surface area (TPSA) is 101 Å². The molecule has 0 saturated heterocycles. The lowest BCUT2D eigenvalue weighted by atomic mass is 10.2. The van der Waals surface area contributed by atoms with E-state index in [2.05, 4.69) is 25.1 Å². The second-order valence-electron chi connectivity index (χ2n) is 3.66. The highest BCUT2D eigenvalue weighted by Crippen LogP contribution is 2.20. The number of aromatic nitrogens is 5. The van der Waals surface area contributed by atoms with Crippen molar-refractivity contribution in [3.8, 4) is 11.4 Å². The maximum atomic E-state index is 11.1. The van der Waals surface area contributed by atoms with E-state index in [9.17, 15) is 8.42 Å². The summed E-state index contributed by atoms with van der Waals surface area (Å²) in [7, 11) is 1.25. The van der Waals surface area contributed by atoms with E-state index in [1.54, 1.807) is 30.6 Å². The van der Waals surface area contributed by atoms with Gasteiger partial charge < -0.3 is 0 Å². The predicted octanol–water partition coefficient (Wildman–Crippen LogP) is 1.34. The molecule has 2 heterocycles. The number of fused-ring (bicyclic) bond motifs is 1. The van der Waals surface area contributed by atoms with Crippen molar-refractivity contribution in [3.63, 3.8) is 0 Å². The van der Waals surface area contributed by atoms with Gasteiger partial charge in [-0.25, -0.2) is 13.5 Å². The summed E-state index contributed by atoms with van der Waals surface area (Å²) >= 11 is 0. The van der Waals surface area contributed by atoms with Crippen molar-refractivity contribution in [2.45, 2.75) is 5.16 Å². The maximum absolute atomic E-state index is 11.1. The van der Waals surface area contributed by atoms with Gasteiger partial charge in [-0.1, -0.05) is 0 Å². The average molecular weight is 296 g/mol. The molecule has 1 N–H and O–H groups in total. The normalized spacial score (nSPS) is 11.8. The minimum Gasteiger partial charge on any atom is -0.253 e. The molecule has 0 fully saturated rings. The minimum absolute atomic E-state index is 0.228. The number of halogens is 1. The van der Waals surface area contributed by atoms with Crippen molar-refractivity contribution in [1.29, 1.82) is 0 Å². The molecule has 3 aromatic rings. The molecule has 96 valence electrons. The van der Waals surface area contributed by atoms with Crippen LogP contribution in [-0.4, -0.2) is 33.6 Å². The van der Waals surface area contributed by atoms with Crippen molar-refractivity contribution in [2.75, 3.05) is 0 Å². The number of H-pyrrole nitrogens is 1. The summed E-state index contributed by atoms with van der Waals surface area (Å²) in [6.07, 6.45) is 3.16. The molecule has 0 saturated carbocycles. The van der Waals surface area contributed by atoms with E-state index < -0.39 is 9.05 Å². The van der Waals surface area contributed by atoms with Crippen LogP contribution in [0.1, 0.15) is 0 Å². The molecule has 9 heteroatoms. The molecule has 0 bridgehead atoms. The monoisotopic (exact) mass is 295 g/mol. The van der Waals surface area contributed by atoms with Gasteiger partial charge in [0.15, 0.2) is 5.82 Å². The number of nitrogens with one attached hydrogen (secondary N) is 1. The largest absolute Gasteiger partial charge is 0.296 e. The number of benzene rings is 1. The van der Waals surface area contributed by atoms with E-state index in [4.69, 9.17) is 10.7 Å². The van der Waals surface area contributed by atoms with Gasteiger partial charge in [-0.2, -0.15) is 10.1 Å². The number of aromatic amines is 1. The van der Waals surface area contributed by atoms with E-state index in [0.717, 1.165) is 5.52 Å². The molecular weight excluding hydrogens is 290 g/mol. The minimum atomic E-state index is -3.92. The SMILES string of the molecule is O=S(=O)(Cl)c1nc(-c2ccc3nccnc3c2)n[nH]1. The summed E-state index contributed by atoms with van der Waals surface area (Å²) in [5, 5.41) is 5.70. The fourth-order valence-electron chi connectivity index (χ4n) is 1.59. The third kappa shape index (κ3) is 2.27. The molecule has 19 heavy (non-hydrogen) atoms. The van der Waals surface area contributed by atoms with Gasteiger partial charge in [0, 0.05) is 28.6 Å². The van der Waals surface area contributed by atoms with Crippen LogP contribution in [0.3, 0.4) is 0 Å². The lowest BCUT2D eigenvalue weighted by Gasteiger charge is -1.97. The molecule has 0 radical (unpaired) electrons. The van der Waals surface area contributed by atoms with Gasteiger partial charge in [0.25, 0.3) is 14.2 Å². The smallest absolute Gasteiger partial charge is 0.253 e. The fourth-order valence-corrected chi connectivity index (χ4v) is 2.14. The summed E-state index contributed by atoms with van der Waals surface area (Å²) < 4.78 is 22.2. The summed E-state index contributed by atoms with van der Waals surface area (Å²) in [6.45, 7) is 0. The standard InChI is InChI=1S/C10H6ClN5O2S/c11-19(17,18)10-14-9(15-16-10)6-1-2-7-8(5-6)13-4-3-12-7/h1-5H,(H,14,15,16). The Balaban J connectivity index is 2.11. The van der Waals surface area contributed by atoms with Crippen LogP contribution < -0.4 is 0 Å². The van der Waals surface area contributed by atoms with Gasteiger partial charge in [0.2, 0.25) is 0 Å². The number of rotatable bonds is 2. The molecule has 0 unspecified atom stereocenters. The van der Waals surface area contributed by atoms with Crippen LogP contribution in [0.4, 0.5) is 0 Å².